The Kier molecular flexibility index (Phi) is 5.95. The van der Waals surface area contributed by atoms with E-state index < -0.39 is 0 Å². The van der Waals surface area contributed by atoms with Gasteiger partial charge in [-0.25, -0.2) is 9.78 Å². The molecule has 4 rings (SSSR count). The zero-order valence-electron chi connectivity index (χ0n) is 17.3. The van der Waals surface area contributed by atoms with Crippen LogP contribution in [-0.2, 0) is 11.3 Å². The highest BCUT2D eigenvalue weighted by atomic mass is 16.5. The largest absolute Gasteiger partial charge is 0.465 e. The fraction of sp³-hybridized carbons (Fsp3) is 0.417. The first-order valence-corrected chi connectivity index (χ1v) is 10.5. The summed E-state index contributed by atoms with van der Waals surface area (Å²) in [6.07, 6.45) is 7.84. The topological polar surface area (TPSA) is 47.4 Å². The van der Waals surface area contributed by atoms with E-state index in [1.54, 1.807) is 0 Å². The van der Waals surface area contributed by atoms with Crippen LogP contribution in [0.15, 0.2) is 48.8 Å². The summed E-state index contributed by atoms with van der Waals surface area (Å²) in [5.41, 5.74) is 4.08. The Morgan fingerprint density at radius 3 is 2.62 bits per heavy atom. The number of carbonyl (C=O) groups excluding carboxylic acids is 1. The van der Waals surface area contributed by atoms with E-state index in [9.17, 15) is 4.79 Å². The van der Waals surface area contributed by atoms with Crippen molar-refractivity contribution in [1.82, 2.24) is 14.5 Å². The van der Waals surface area contributed by atoms with E-state index in [2.05, 4.69) is 40.9 Å². The monoisotopic (exact) mass is 391 g/mol. The number of aromatic nitrogens is 2. The minimum atomic E-state index is -0.308. The molecule has 5 nitrogen and oxygen atoms in total. The van der Waals surface area contributed by atoms with Gasteiger partial charge >= 0.3 is 5.97 Å². The van der Waals surface area contributed by atoms with Crippen molar-refractivity contribution in [1.29, 1.82) is 0 Å². The highest BCUT2D eigenvalue weighted by molar-refractivity contribution is 5.89. The summed E-state index contributed by atoms with van der Waals surface area (Å²) in [6.45, 7) is 6.58. The SMILES string of the molecule is CCCN1CCC(c2cnc3c(ccn3Cc3ccc(C(=O)OC)cc3)c2)CC1. The molecule has 1 aliphatic rings. The molecule has 3 aromatic rings. The Hall–Kier alpha value is -2.66. The van der Waals surface area contributed by atoms with Crippen molar-refractivity contribution in [3.05, 3.63) is 65.5 Å². The molecule has 1 saturated heterocycles. The molecule has 0 N–H and O–H groups in total. The van der Waals surface area contributed by atoms with Crippen LogP contribution in [0.2, 0.25) is 0 Å². The minimum absolute atomic E-state index is 0.308. The fourth-order valence-electron chi connectivity index (χ4n) is 4.31. The summed E-state index contributed by atoms with van der Waals surface area (Å²) in [7, 11) is 1.40. The lowest BCUT2D eigenvalue weighted by atomic mass is 9.90. The number of piperidine rings is 1. The number of likely N-dealkylation sites (tertiary alicyclic amines) is 1. The van der Waals surface area contributed by atoms with Gasteiger partial charge in [0.2, 0.25) is 0 Å². The lowest BCUT2D eigenvalue weighted by Crippen LogP contribution is -2.33. The van der Waals surface area contributed by atoms with Gasteiger partial charge in [-0.15, -0.1) is 0 Å². The van der Waals surface area contributed by atoms with E-state index in [1.165, 1.54) is 57.0 Å². The number of carbonyl (C=O) groups is 1. The van der Waals surface area contributed by atoms with Gasteiger partial charge in [0.15, 0.2) is 0 Å². The number of hydrogen-bond acceptors (Lipinski definition) is 4. The van der Waals surface area contributed by atoms with E-state index in [4.69, 9.17) is 9.72 Å². The van der Waals surface area contributed by atoms with Crippen LogP contribution in [0.1, 0.15) is 53.6 Å². The first-order chi connectivity index (χ1) is 14.2. The summed E-state index contributed by atoms with van der Waals surface area (Å²) in [5, 5.41) is 1.20. The van der Waals surface area contributed by atoms with Crippen LogP contribution in [0.25, 0.3) is 11.0 Å². The minimum Gasteiger partial charge on any atom is -0.465 e. The average Bonchev–Trinajstić information content (AvgIpc) is 3.16. The molecule has 1 aromatic carbocycles. The maximum absolute atomic E-state index is 11.6. The third kappa shape index (κ3) is 4.35. The maximum atomic E-state index is 11.6. The molecule has 1 fully saturated rings. The second-order valence-corrected chi connectivity index (χ2v) is 7.93. The molecule has 0 unspecified atom stereocenters. The molecule has 3 heterocycles. The van der Waals surface area contributed by atoms with Crippen molar-refractivity contribution in [3.63, 3.8) is 0 Å². The number of ether oxygens (including phenoxy) is 1. The molecule has 152 valence electrons. The molecule has 0 bridgehead atoms. The van der Waals surface area contributed by atoms with E-state index in [0.717, 1.165) is 17.8 Å². The highest BCUT2D eigenvalue weighted by Crippen LogP contribution is 2.29. The molecule has 0 atom stereocenters. The number of methoxy groups -OCH3 is 1. The summed E-state index contributed by atoms with van der Waals surface area (Å²) >= 11 is 0. The van der Waals surface area contributed by atoms with E-state index in [1.807, 2.05) is 24.3 Å². The van der Waals surface area contributed by atoms with Crippen LogP contribution < -0.4 is 0 Å². The van der Waals surface area contributed by atoms with E-state index in [-0.39, 0.29) is 5.97 Å². The number of benzene rings is 1. The average molecular weight is 392 g/mol. The molecule has 0 spiro atoms. The Morgan fingerprint density at radius 2 is 1.93 bits per heavy atom. The summed E-state index contributed by atoms with van der Waals surface area (Å²) in [5.74, 6) is 0.312. The molecule has 29 heavy (non-hydrogen) atoms. The fourth-order valence-corrected chi connectivity index (χ4v) is 4.31. The smallest absolute Gasteiger partial charge is 0.337 e. The second-order valence-electron chi connectivity index (χ2n) is 7.93. The molecule has 0 amide bonds. The molecule has 5 heteroatoms. The number of pyridine rings is 1. The van der Waals surface area contributed by atoms with E-state index >= 15 is 0 Å². The van der Waals surface area contributed by atoms with Gasteiger partial charge in [0, 0.05) is 24.3 Å². The van der Waals surface area contributed by atoms with Gasteiger partial charge in [-0.1, -0.05) is 19.1 Å². The number of hydrogen-bond donors (Lipinski definition) is 0. The molecule has 1 aliphatic heterocycles. The predicted molar refractivity (Wildman–Crippen MR) is 115 cm³/mol. The van der Waals surface area contributed by atoms with Crippen molar-refractivity contribution in [2.75, 3.05) is 26.7 Å². The zero-order chi connectivity index (χ0) is 20.2. The molecule has 0 saturated carbocycles. The first kappa shape index (κ1) is 19.6. The Morgan fingerprint density at radius 1 is 1.17 bits per heavy atom. The molecule has 2 aromatic heterocycles. The zero-order valence-corrected chi connectivity index (χ0v) is 17.3. The quantitative estimate of drug-likeness (QED) is 0.582. The lowest BCUT2D eigenvalue weighted by molar-refractivity contribution is 0.0600. The van der Waals surface area contributed by atoms with Crippen molar-refractivity contribution in [3.8, 4) is 0 Å². The Bertz CT molecular complexity index is 969. The van der Waals surface area contributed by atoms with Crippen LogP contribution in [-0.4, -0.2) is 47.2 Å². The summed E-state index contributed by atoms with van der Waals surface area (Å²) in [4.78, 5) is 19.0. The van der Waals surface area contributed by atoms with Gasteiger partial charge < -0.3 is 14.2 Å². The van der Waals surface area contributed by atoms with Gasteiger partial charge in [-0.2, -0.15) is 0 Å². The molecular weight excluding hydrogens is 362 g/mol. The predicted octanol–water partition coefficient (Wildman–Crippen LogP) is 4.46. The molecule has 0 radical (unpaired) electrons. The standard InChI is InChI=1S/C24H29N3O2/c1-3-11-26-12-8-19(9-13-26)22-15-21-10-14-27(23(21)25-16-22)17-18-4-6-20(7-5-18)24(28)29-2/h4-7,10,14-16,19H,3,8-9,11-13,17H2,1-2H3. The van der Waals surface area contributed by atoms with Gasteiger partial charge in [0.1, 0.15) is 5.65 Å². The second kappa shape index (κ2) is 8.78. The van der Waals surface area contributed by atoms with Crippen LogP contribution >= 0.6 is 0 Å². The molecule has 0 aliphatic carbocycles. The van der Waals surface area contributed by atoms with E-state index in [0.29, 0.717) is 11.5 Å². The Labute approximate surface area is 172 Å². The number of rotatable bonds is 6. The maximum Gasteiger partial charge on any atom is 0.337 e. The van der Waals surface area contributed by atoms with Gasteiger partial charge in [-0.3, -0.25) is 0 Å². The van der Waals surface area contributed by atoms with Crippen molar-refractivity contribution in [2.24, 2.45) is 0 Å². The van der Waals surface area contributed by atoms with Crippen LogP contribution in [0, 0.1) is 0 Å². The normalized spacial score (nSPS) is 15.7. The van der Waals surface area contributed by atoms with Gasteiger partial charge in [0.05, 0.1) is 12.7 Å². The van der Waals surface area contributed by atoms with Crippen molar-refractivity contribution in [2.45, 2.75) is 38.6 Å². The van der Waals surface area contributed by atoms with Gasteiger partial charge in [0.25, 0.3) is 0 Å². The summed E-state index contributed by atoms with van der Waals surface area (Å²) < 4.78 is 6.92. The third-order valence-electron chi connectivity index (χ3n) is 5.95. The third-order valence-corrected chi connectivity index (χ3v) is 5.95. The number of nitrogens with zero attached hydrogens (tertiary/aromatic N) is 3. The number of esters is 1. The van der Waals surface area contributed by atoms with Crippen molar-refractivity contribution < 1.29 is 9.53 Å². The van der Waals surface area contributed by atoms with Crippen molar-refractivity contribution >= 4 is 17.0 Å². The van der Waals surface area contributed by atoms with Crippen LogP contribution in [0.4, 0.5) is 0 Å². The Balaban J connectivity index is 1.46. The highest BCUT2D eigenvalue weighted by Gasteiger charge is 2.21. The van der Waals surface area contributed by atoms with Crippen LogP contribution in [0.5, 0.6) is 0 Å². The lowest BCUT2D eigenvalue weighted by Gasteiger charge is -2.31. The van der Waals surface area contributed by atoms with Gasteiger partial charge in [-0.05, 0) is 80.2 Å². The van der Waals surface area contributed by atoms with Crippen LogP contribution in [0.3, 0.4) is 0 Å². The first-order valence-electron chi connectivity index (χ1n) is 10.5. The summed E-state index contributed by atoms with van der Waals surface area (Å²) in [6, 6.07) is 12.0. The molecular formula is C24H29N3O2. The number of fused-ring (bicyclic) bond motifs is 1.